The minimum absolute atomic E-state index is 0. The van der Waals surface area contributed by atoms with Crippen LogP contribution in [-0.4, -0.2) is 24.4 Å². The average Bonchev–Trinajstić information content (AvgIpc) is 2.30. The van der Waals surface area contributed by atoms with Crippen molar-refractivity contribution >= 4 is 18.3 Å². The zero-order chi connectivity index (χ0) is 12.1. The second-order valence-electron chi connectivity index (χ2n) is 4.26. The van der Waals surface area contributed by atoms with Crippen LogP contribution in [0, 0.1) is 12.8 Å². The summed E-state index contributed by atoms with van der Waals surface area (Å²) in [6.45, 7) is 4.96. The molecule has 0 aliphatic carbocycles. The van der Waals surface area contributed by atoms with E-state index in [1.54, 1.807) is 4.90 Å². The summed E-state index contributed by atoms with van der Waals surface area (Å²) in [5.41, 5.74) is 7.88. The fourth-order valence-corrected chi connectivity index (χ4v) is 1.60. The first-order valence-corrected chi connectivity index (χ1v) is 5.55. The zero-order valence-electron chi connectivity index (χ0n) is 10.6. The van der Waals surface area contributed by atoms with E-state index in [0.29, 0.717) is 13.1 Å². The molecule has 0 bridgehead atoms. The molecule has 0 heterocycles. The molecule has 1 aromatic carbocycles. The number of amides is 1. The van der Waals surface area contributed by atoms with Gasteiger partial charge in [0.1, 0.15) is 0 Å². The first-order chi connectivity index (χ1) is 7.56. The highest BCUT2D eigenvalue weighted by Crippen LogP contribution is 2.11. The van der Waals surface area contributed by atoms with Crippen molar-refractivity contribution in [2.24, 2.45) is 11.7 Å². The monoisotopic (exact) mass is 256 g/mol. The predicted octanol–water partition coefficient (Wildman–Crippen LogP) is 1.97. The molecule has 0 fully saturated rings. The normalized spacial score (nSPS) is 11.5. The number of nitrogens with two attached hydrogens (primary N) is 1. The van der Waals surface area contributed by atoms with Gasteiger partial charge in [0, 0.05) is 26.1 Å². The van der Waals surface area contributed by atoms with Gasteiger partial charge in [0.2, 0.25) is 5.91 Å². The molecule has 96 valence electrons. The Labute approximate surface area is 109 Å². The standard InChI is InChI=1S/C13H20N2O.ClH/c1-10-6-4-5-7-12(10)9-15(3)13(16)11(2)8-14;/h4-7,11H,8-9,14H2,1-3H3;1H. The third kappa shape index (κ3) is 4.36. The maximum atomic E-state index is 11.8. The summed E-state index contributed by atoms with van der Waals surface area (Å²) in [6, 6.07) is 8.10. The van der Waals surface area contributed by atoms with Crippen molar-refractivity contribution in [2.75, 3.05) is 13.6 Å². The topological polar surface area (TPSA) is 46.3 Å². The summed E-state index contributed by atoms with van der Waals surface area (Å²) in [7, 11) is 1.82. The van der Waals surface area contributed by atoms with Crippen molar-refractivity contribution in [2.45, 2.75) is 20.4 Å². The largest absolute Gasteiger partial charge is 0.341 e. The summed E-state index contributed by atoms with van der Waals surface area (Å²) < 4.78 is 0. The molecule has 0 saturated heterocycles. The number of nitrogens with zero attached hydrogens (tertiary/aromatic N) is 1. The van der Waals surface area contributed by atoms with Crippen LogP contribution in [0.3, 0.4) is 0 Å². The molecule has 1 amide bonds. The van der Waals surface area contributed by atoms with Gasteiger partial charge in [0.25, 0.3) is 0 Å². The van der Waals surface area contributed by atoms with Gasteiger partial charge in [-0.1, -0.05) is 31.2 Å². The van der Waals surface area contributed by atoms with Crippen LogP contribution >= 0.6 is 12.4 Å². The Morgan fingerprint density at radius 1 is 1.41 bits per heavy atom. The molecule has 0 aliphatic rings. The highest BCUT2D eigenvalue weighted by Gasteiger charge is 2.16. The molecule has 0 aliphatic heterocycles. The number of benzene rings is 1. The van der Waals surface area contributed by atoms with Crippen LogP contribution < -0.4 is 5.73 Å². The smallest absolute Gasteiger partial charge is 0.226 e. The van der Waals surface area contributed by atoms with E-state index in [-0.39, 0.29) is 24.2 Å². The van der Waals surface area contributed by atoms with Crippen molar-refractivity contribution in [1.29, 1.82) is 0 Å². The fraction of sp³-hybridized carbons (Fsp3) is 0.462. The predicted molar refractivity (Wildman–Crippen MR) is 73.1 cm³/mol. The molecule has 1 unspecified atom stereocenters. The number of hydrogen-bond acceptors (Lipinski definition) is 2. The summed E-state index contributed by atoms with van der Waals surface area (Å²) in [5.74, 6) is -0.000212. The fourth-order valence-electron chi connectivity index (χ4n) is 1.60. The minimum Gasteiger partial charge on any atom is -0.341 e. The lowest BCUT2D eigenvalue weighted by Crippen LogP contribution is -2.34. The number of hydrogen-bond donors (Lipinski definition) is 1. The highest BCUT2D eigenvalue weighted by molar-refractivity contribution is 5.85. The van der Waals surface area contributed by atoms with Crippen molar-refractivity contribution in [1.82, 2.24) is 4.90 Å². The second-order valence-corrected chi connectivity index (χ2v) is 4.26. The Balaban J connectivity index is 0.00000256. The Hall–Kier alpha value is -1.06. The van der Waals surface area contributed by atoms with Gasteiger partial charge in [-0.25, -0.2) is 0 Å². The molecule has 1 rings (SSSR count). The molecule has 0 saturated carbocycles. The number of halogens is 1. The number of rotatable bonds is 4. The number of carbonyl (C=O) groups excluding carboxylic acids is 1. The zero-order valence-corrected chi connectivity index (χ0v) is 11.5. The van der Waals surface area contributed by atoms with E-state index in [1.165, 1.54) is 11.1 Å². The van der Waals surface area contributed by atoms with E-state index in [2.05, 4.69) is 13.0 Å². The first-order valence-electron chi connectivity index (χ1n) is 5.55. The van der Waals surface area contributed by atoms with Gasteiger partial charge in [-0.15, -0.1) is 12.4 Å². The van der Waals surface area contributed by atoms with E-state index in [9.17, 15) is 4.79 Å². The van der Waals surface area contributed by atoms with Crippen LogP contribution in [0.25, 0.3) is 0 Å². The van der Waals surface area contributed by atoms with Crippen LogP contribution in [0.1, 0.15) is 18.1 Å². The molecule has 4 heteroatoms. The van der Waals surface area contributed by atoms with E-state index >= 15 is 0 Å². The Kier molecular flexibility index (Phi) is 6.85. The van der Waals surface area contributed by atoms with Crippen molar-refractivity contribution in [3.63, 3.8) is 0 Å². The highest BCUT2D eigenvalue weighted by atomic mass is 35.5. The molecule has 0 aromatic heterocycles. The molecule has 3 nitrogen and oxygen atoms in total. The maximum absolute atomic E-state index is 11.8. The van der Waals surface area contributed by atoms with Gasteiger partial charge in [0.15, 0.2) is 0 Å². The summed E-state index contributed by atoms with van der Waals surface area (Å²) in [4.78, 5) is 13.6. The van der Waals surface area contributed by atoms with Gasteiger partial charge in [-0.05, 0) is 18.1 Å². The van der Waals surface area contributed by atoms with Gasteiger partial charge in [-0.3, -0.25) is 4.79 Å². The molecular formula is C13H21ClN2O. The molecule has 17 heavy (non-hydrogen) atoms. The van der Waals surface area contributed by atoms with E-state index in [4.69, 9.17) is 5.73 Å². The van der Waals surface area contributed by atoms with Crippen molar-refractivity contribution in [3.05, 3.63) is 35.4 Å². The summed E-state index contributed by atoms with van der Waals surface area (Å²) in [6.07, 6.45) is 0. The third-order valence-electron chi connectivity index (χ3n) is 2.82. The van der Waals surface area contributed by atoms with Gasteiger partial charge < -0.3 is 10.6 Å². The lowest BCUT2D eigenvalue weighted by atomic mass is 10.1. The molecule has 0 spiro atoms. The molecule has 1 atom stereocenters. The second kappa shape index (κ2) is 7.30. The maximum Gasteiger partial charge on any atom is 0.226 e. The lowest BCUT2D eigenvalue weighted by Gasteiger charge is -2.21. The van der Waals surface area contributed by atoms with Crippen molar-refractivity contribution < 1.29 is 4.79 Å². The first kappa shape index (κ1) is 15.9. The Morgan fingerprint density at radius 3 is 2.53 bits per heavy atom. The third-order valence-corrected chi connectivity index (χ3v) is 2.82. The lowest BCUT2D eigenvalue weighted by molar-refractivity contribution is -0.133. The molecular weight excluding hydrogens is 236 g/mol. The van der Waals surface area contributed by atoms with E-state index in [0.717, 1.165) is 0 Å². The molecule has 2 N–H and O–H groups in total. The minimum atomic E-state index is -0.103. The van der Waals surface area contributed by atoms with Crippen LogP contribution in [0.2, 0.25) is 0 Å². The van der Waals surface area contributed by atoms with Gasteiger partial charge >= 0.3 is 0 Å². The Bertz CT molecular complexity index is 368. The Morgan fingerprint density at radius 2 is 2.00 bits per heavy atom. The quantitative estimate of drug-likeness (QED) is 0.895. The van der Waals surface area contributed by atoms with Crippen molar-refractivity contribution in [3.8, 4) is 0 Å². The summed E-state index contributed by atoms with van der Waals surface area (Å²) in [5, 5.41) is 0. The van der Waals surface area contributed by atoms with Crippen LogP contribution in [0.4, 0.5) is 0 Å². The van der Waals surface area contributed by atoms with E-state index < -0.39 is 0 Å². The summed E-state index contributed by atoms with van der Waals surface area (Å²) >= 11 is 0. The average molecular weight is 257 g/mol. The van der Waals surface area contributed by atoms with Gasteiger partial charge in [-0.2, -0.15) is 0 Å². The van der Waals surface area contributed by atoms with Gasteiger partial charge in [0.05, 0.1) is 0 Å². The molecule has 1 aromatic rings. The van der Waals surface area contributed by atoms with Crippen LogP contribution in [0.15, 0.2) is 24.3 Å². The number of carbonyl (C=O) groups is 1. The van der Waals surface area contributed by atoms with E-state index in [1.807, 2.05) is 32.2 Å². The SMILES string of the molecule is Cc1ccccc1CN(C)C(=O)C(C)CN.Cl. The van der Waals surface area contributed by atoms with Crippen LogP contribution in [-0.2, 0) is 11.3 Å². The number of aryl methyl sites for hydroxylation is 1. The molecule has 0 radical (unpaired) electrons. The van der Waals surface area contributed by atoms with Crippen LogP contribution in [0.5, 0.6) is 0 Å².